The zero-order valence-corrected chi connectivity index (χ0v) is 16.2. The Hall–Kier alpha value is -2.18. The molecule has 0 bridgehead atoms. The molecule has 1 aromatic heterocycles. The first-order valence-corrected chi connectivity index (χ1v) is 8.55. The molecule has 0 spiro atoms. The van der Waals surface area contributed by atoms with Crippen LogP contribution in [0.1, 0.15) is 11.4 Å². The van der Waals surface area contributed by atoms with E-state index >= 15 is 0 Å². The lowest BCUT2D eigenvalue weighted by atomic mass is 10.1. The molecule has 0 saturated carbocycles. The normalized spacial score (nSPS) is 11.6. The molecule has 0 amide bonds. The van der Waals surface area contributed by atoms with Gasteiger partial charge in [-0.25, -0.2) is 4.98 Å². The molecular weight excluding hydrogens is 408 g/mol. The summed E-state index contributed by atoms with van der Waals surface area (Å²) < 4.78 is 17.0. The zero-order valence-electron chi connectivity index (χ0n) is 13.9. The summed E-state index contributed by atoms with van der Waals surface area (Å²) >= 11 is 9.90. The average Bonchev–Trinajstić information content (AvgIpc) is 3.04. The second-order valence-electron chi connectivity index (χ2n) is 5.20. The van der Waals surface area contributed by atoms with E-state index in [4.69, 9.17) is 25.8 Å². The number of imidazole rings is 1. The number of benzene rings is 2. The molecule has 3 aromatic rings. The van der Waals surface area contributed by atoms with E-state index in [2.05, 4.69) is 25.9 Å². The second-order valence-corrected chi connectivity index (χ2v) is 6.52. The van der Waals surface area contributed by atoms with E-state index in [1.807, 2.05) is 30.3 Å². The van der Waals surface area contributed by atoms with E-state index in [1.165, 1.54) is 0 Å². The van der Waals surface area contributed by atoms with Gasteiger partial charge in [0.05, 0.1) is 37.4 Å². The van der Waals surface area contributed by atoms with Crippen LogP contribution >= 0.6 is 27.5 Å². The van der Waals surface area contributed by atoms with Crippen molar-refractivity contribution in [3.05, 3.63) is 46.2 Å². The number of hydrogen-bond acceptors (Lipinski definition) is 4. The minimum absolute atomic E-state index is 0.474. The number of nitrogens with one attached hydrogen (secondary N) is 1. The van der Waals surface area contributed by atoms with Crippen molar-refractivity contribution in [2.75, 3.05) is 21.3 Å². The van der Waals surface area contributed by atoms with Crippen LogP contribution in [-0.2, 0) is 0 Å². The second kappa shape index (κ2) is 7.37. The molecule has 2 aromatic carbocycles. The Kier molecular flexibility index (Phi) is 5.20. The fourth-order valence-corrected chi connectivity index (χ4v) is 3.07. The molecule has 0 unspecified atom stereocenters. The number of halogens is 2. The third kappa shape index (κ3) is 3.60. The molecule has 25 heavy (non-hydrogen) atoms. The molecule has 0 saturated heterocycles. The lowest BCUT2D eigenvalue weighted by molar-refractivity contribution is 0.324. The minimum atomic E-state index is 0.474. The molecule has 0 radical (unpaired) electrons. The summed E-state index contributed by atoms with van der Waals surface area (Å²) in [6, 6.07) is 9.45. The van der Waals surface area contributed by atoms with E-state index in [9.17, 15) is 0 Å². The van der Waals surface area contributed by atoms with Crippen molar-refractivity contribution in [2.45, 2.75) is 0 Å². The van der Waals surface area contributed by atoms with Crippen LogP contribution in [0, 0.1) is 0 Å². The number of H-pyrrole nitrogens is 1. The van der Waals surface area contributed by atoms with Gasteiger partial charge in [-0.2, -0.15) is 0 Å². The molecule has 3 rings (SSSR count). The van der Waals surface area contributed by atoms with E-state index in [0.717, 1.165) is 21.1 Å². The van der Waals surface area contributed by atoms with Gasteiger partial charge < -0.3 is 19.2 Å². The van der Waals surface area contributed by atoms with Crippen molar-refractivity contribution >= 4 is 49.7 Å². The predicted octanol–water partition coefficient (Wildman–Crippen LogP) is 5.09. The first-order valence-electron chi connectivity index (χ1n) is 7.38. The van der Waals surface area contributed by atoms with E-state index in [0.29, 0.717) is 28.1 Å². The van der Waals surface area contributed by atoms with Gasteiger partial charge in [0.2, 0.25) is 5.75 Å². The molecule has 0 atom stereocenters. The quantitative estimate of drug-likeness (QED) is 0.621. The van der Waals surface area contributed by atoms with Crippen molar-refractivity contribution in [1.29, 1.82) is 0 Å². The van der Waals surface area contributed by atoms with Crippen LogP contribution in [0.15, 0.2) is 34.8 Å². The number of aromatic amines is 1. The molecule has 0 fully saturated rings. The highest BCUT2D eigenvalue weighted by Crippen LogP contribution is 2.39. The third-order valence-electron chi connectivity index (χ3n) is 3.65. The summed E-state index contributed by atoms with van der Waals surface area (Å²) in [5.41, 5.74) is 2.55. The van der Waals surface area contributed by atoms with Crippen LogP contribution in [0.25, 0.3) is 22.1 Å². The average molecular weight is 424 g/mol. The van der Waals surface area contributed by atoms with Gasteiger partial charge in [-0.05, 0) is 42.0 Å². The highest BCUT2D eigenvalue weighted by molar-refractivity contribution is 9.10. The summed E-state index contributed by atoms with van der Waals surface area (Å²) in [5.74, 6) is 2.24. The molecule has 1 heterocycles. The third-order valence-corrected chi connectivity index (χ3v) is 4.43. The largest absolute Gasteiger partial charge is 0.493 e. The number of methoxy groups -OCH3 is 3. The van der Waals surface area contributed by atoms with Crippen molar-refractivity contribution in [1.82, 2.24) is 9.97 Å². The molecule has 0 aliphatic heterocycles. The lowest BCUT2D eigenvalue weighted by Crippen LogP contribution is -1.95. The van der Waals surface area contributed by atoms with Crippen LogP contribution in [0.3, 0.4) is 0 Å². The Bertz CT molecular complexity index is 928. The highest BCUT2D eigenvalue weighted by Gasteiger charge is 2.13. The van der Waals surface area contributed by atoms with Crippen molar-refractivity contribution in [3.8, 4) is 17.2 Å². The van der Waals surface area contributed by atoms with Gasteiger partial charge in [-0.15, -0.1) is 0 Å². The zero-order chi connectivity index (χ0) is 18.0. The maximum atomic E-state index is 6.46. The summed E-state index contributed by atoms with van der Waals surface area (Å²) in [6.07, 6.45) is 1.79. The number of ether oxygens (including phenoxy) is 3. The molecule has 7 heteroatoms. The number of fused-ring (bicyclic) bond motifs is 1. The number of nitrogens with zero attached hydrogens (tertiary/aromatic N) is 1. The molecule has 1 N–H and O–H groups in total. The van der Waals surface area contributed by atoms with Crippen molar-refractivity contribution in [3.63, 3.8) is 0 Å². The van der Waals surface area contributed by atoms with Gasteiger partial charge in [0.25, 0.3) is 0 Å². The van der Waals surface area contributed by atoms with Crippen molar-refractivity contribution in [2.24, 2.45) is 0 Å². The van der Waals surface area contributed by atoms with Crippen LogP contribution in [0.5, 0.6) is 17.2 Å². The Balaban J connectivity index is 2.03. The van der Waals surface area contributed by atoms with Crippen LogP contribution < -0.4 is 14.2 Å². The first-order chi connectivity index (χ1) is 12.0. The Morgan fingerprint density at radius 2 is 1.76 bits per heavy atom. The molecule has 0 aliphatic rings. The highest BCUT2D eigenvalue weighted by atomic mass is 79.9. The van der Waals surface area contributed by atoms with E-state index < -0.39 is 0 Å². The Morgan fingerprint density at radius 3 is 2.36 bits per heavy atom. The fraction of sp³-hybridized carbons (Fsp3) is 0.167. The molecule has 0 aliphatic carbocycles. The summed E-state index contributed by atoms with van der Waals surface area (Å²) in [7, 11) is 4.71. The summed E-state index contributed by atoms with van der Waals surface area (Å²) in [5, 5.41) is 0.474. The summed E-state index contributed by atoms with van der Waals surface area (Å²) in [4.78, 5) is 7.71. The molecule has 5 nitrogen and oxygen atoms in total. The number of rotatable bonds is 5. The van der Waals surface area contributed by atoms with Crippen molar-refractivity contribution < 1.29 is 14.2 Å². The van der Waals surface area contributed by atoms with Crippen LogP contribution in [-0.4, -0.2) is 31.3 Å². The van der Waals surface area contributed by atoms with E-state index in [1.54, 1.807) is 27.4 Å². The lowest BCUT2D eigenvalue weighted by Gasteiger charge is -2.13. The monoisotopic (exact) mass is 422 g/mol. The fourth-order valence-electron chi connectivity index (χ4n) is 2.49. The van der Waals surface area contributed by atoms with Gasteiger partial charge in [0.15, 0.2) is 11.5 Å². The number of hydrogen-bond donors (Lipinski definition) is 1. The van der Waals surface area contributed by atoms with E-state index in [-0.39, 0.29) is 0 Å². The van der Waals surface area contributed by atoms with Gasteiger partial charge >= 0.3 is 0 Å². The van der Waals surface area contributed by atoms with Crippen LogP contribution in [0.4, 0.5) is 0 Å². The summed E-state index contributed by atoms with van der Waals surface area (Å²) in [6.45, 7) is 0. The minimum Gasteiger partial charge on any atom is -0.493 e. The first kappa shape index (κ1) is 17.6. The van der Waals surface area contributed by atoms with Gasteiger partial charge in [0, 0.05) is 4.47 Å². The standard InChI is InChI=1S/C18H16BrClN2O3/c1-23-15-7-10(8-16(24-2)17(15)25-3)6-12(20)18-21-13-5-4-11(19)9-14(13)22-18/h4-9H,1-3H3,(H,21,22). The van der Waals surface area contributed by atoms with Gasteiger partial charge in [0.1, 0.15) is 5.82 Å². The van der Waals surface area contributed by atoms with Crippen LogP contribution in [0.2, 0.25) is 0 Å². The van der Waals surface area contributed by atoms with Gasteiger partial charge in [-0.3, -0.25) is 0 Å². The smallest absolute Gasteiger partial charge is 0.203 e. The SMILES string of the molecule is COc1cc(C=C(Cl)c2nc3ccc(Br)cc3[nH]2)cc(OC)c1OC. The maximum absolute atomic E-state index is 6.46. The Morgan fingerprint density at radius 1 is 1.08 bits per heavy atom. The molecule has 130 valence electrons. The Labute approximate surface area is 158 Å². The topological polar surface area (TPSA) is 56.4 Å². The maximum Gasteiger partial charge on any atom is 0.203 e. The van der Waals surface area contributed by atoms with Gasteiger partial charge in [-0.1, -0.05) is 27.5 Å². The molecular formula is C18H16BrClN2O3. The predicted molar refractivity (Wildman–Crippen MR) is 104 cm³/mol. The number of aromatic nitrogens is 2.